The van der Waals surface area contributed by atoms with E-state index in [-0.39, 0.29) is 31.3 Å². The van der Waals surface area contributed by atoms with Crippen LogP contribution in [0.15, 0.2) is 71.7 Å². The molecular weight excluding hydrogens is 596 g/mol. The second-order valence-corrected chi connectivity index (χ2v) is 16.0. The summed E-state index contributed by atoms with van der Waals surface area (Å²) in [7, 11) is -0.708. The molecule has 3 aromatic rings. The first kappa shape index (κ1) is 33.2. The SMILES string of the molecule is COc1ccc2c(c1)C(c1ccc(Cl)cc1)=N[C@@H](CC(=O)NCCNC(=O)c1cccc(C[Si](C)(C)O)c1)C(N)N2C(C)N. The number of anilines is 1. The number of hydrogen-bond acceptors (Lipinski definition) is 8. The third-order valence-electron chi connectivity index (χ3n) is 7.26. The topological polar surface area (TPSA) is 155 Å². The molecule has 2 amide bonds. The standard InChI is InChI=1S/C32H41ClN6O4Si/c1-20(34)39-28-13-12-25(43-2)17-26(28)30(22-8-10-24(33)11-9-22)38-27(31(39)35)18-29(40)36-14-15-37-32(41)23-7-5-6-21(16-23)19-44(3,4)42/h5-13,16-17,20,27,31,42H,14-15,18-19,34-35H2,1-4H3,(H,36,40)(H,37,41)/t20?,27-,31?/m0/s1. The number of nitrogens with one attached hydrogen (secondary N) is 2. The Morgan fingerprint density at radius 2 is 1.80 bits per heavy atom. The van der Waals surface area contributed by atoms with Gasteiger partial charge in [-0.1, -0.05) is 35.9 Å². The highest BCUT2D eigenvalue weighted by Crippen LogP contribution is 2.34. The van der Waals surface area contributed by atoms with Crippen molar-refractivity contribution >= 4 is 43.1 Å². The number of methoxy groups -OCH3 is 1. The van der Waals surface area contributed by atoms with Crippen LogP contribution in [0.5, 0.6) is 5.75 Å². The van der Waals surface area contributed by atoms with Crippen molar-refractivity contribution in [3.05, 3.63) is 94.0 Å². The van der Waals surface area contributed by atoms with Crippen LogP contribution in [0.3, 0.4) is 0 Å². The Morgan fingerprint density at radius 1 is 1.09 bits per heavy atom. The van der Waals surface area contributed by atoms with E-state index in [2.05, 4.69) is 10.6 Å². The fourth-order valence-corrected chi connectivity index (χ4v) is 6.62. The summed E-state index contributed by atoms with van der Waals surface area (Å²) in [5.41, 5.74) is 17.6. The van der Waals surface area contributed by atoms with Crippen molar-refractivity contribution in [2.45, 2.75) is 50.9 Å². The molecule has 1 aliphatic heterocycles. The highest BCUT2D eigenvalue weighted by atomic mass is 35.5. The van der Waals surface area contributed by atoms with Gasteiger partial charge in [0, 0.05) is 40.5 Å². The van der Waals surface area contributed by atoms with Gasteiger partial charge in [0.1, 0.15) is 11.9 Å². The number of hydrogen-bond donors (Lipinski definition) is 5. The molecule has 3 atom stereocenters. The third-order valence-corrected chi connectivity index (χ3v) is 8.78. The molecule has 7 N–H and O–H groups in total. The van der Waals surface area contributed by atoms with E-state index in [9.17, 15) is 14.4 Å². The van der Waals surface area contributed by atoms with Gasteiger partial charge < -0.3 is 36.5 Å². The zero-order valence-electron chi connectivity index (χ0n) is 25.5. The first-order valence-corrected chi connectivity index (χ1v) is 18.1. The maximum atomic E-state index is 13.1. The Hall–Kier alpha value is -3.74. The highest BCUT2D eigenvalue weighted by molar-refractivity contribution is 6.69. The number of benzene rings is 3. The van der Waals surface area contributed by atoms with Crippen LogP contribution in [0.1, 0.15) is 40.4 Å². The number of ether oxygens (including phenoxy) is 1. The molecule has 0 bridgehead atoms. The molecule has 3 aromatic carbocycles. The van der Waals surface area contributed by atoms with Gasteiger partial charge >= 0.3 is 0 Å². The first-order valence-electron chi connectivity index (χ1n) is 14.5. The van der Waals surface area contributed by atoms with Crippen molar-refractivity contribution in [3.63, 3.8) is 0 Å². The van der Waals surface area contributed by atoms with Gasteiger partial charge in [-0.05, 0) is 74.1 Å². The monoisotopic (exact) mass is 636 g/mol. The summed E-state index contributed by atoms with van der Waals surface area (Å²) in [6.45, 7) is 6.02. The minimum Gasteiger partial charge on any atom is -0.497 e. The summed E-state index contributed by atoms with van der Waals surface area (Å²) in [6, 6.07) is 20.1. The quantitative estimate of drug-likeness (QED) is 0.160. The van der Waals surface area contributed by atoms with Gasteiger partial charge in [-0.3, -0.25) is 14.6 Å². The van der Waals surface area contributed by atoms with E-state index in [4.69, 9.17) is 32.8 Å². The number of benzodiazepines with no additional fused rings is 1. The Kier molecular flexibility index (Phi) is 10.8. The van der Waals surface area contributed by atoms with Crippen LogP contribution in [-0.4, -0.2) is 69.2 Å². The lowest BCUT2D eigenvalue weighted by molar-refractivity contribution is -0.121. The lowest BCUT2D eigenvalue weighted by atomic mass is 9.99. The molecule has 10 nitrogen and oxygen atoms in total. The lowest BCUT2D eigenvalue weighted by Crippen LogP contribution is -2.56. The number of nitrogens with two attached hydrogens (primary N) is 2. The number of aliphatic imine (C=N–C) groups is 1. The number of rotatable bonds is 11. The van der Waals surface area contributed by atoms with E-state index in [0.29, 0.717) is 28.1 Å². The van der Waals surface area contributed by atoms with Crippen LogP contribution in [0.25, 0.3) is 0 Å². The van der Waals surface area contributed by atoms with E-state index in [1.165, 1.54) is 0 Å². The molecule has 234 valence electrons. The number of amides is 2. The third kappa shape index (κ3) is 8.45. The molecule has 44 heavy (non-hydrogen) atoms. The molecule has 0 aliphatic carbocycles. The van der Waals surface area contributed by atoms with E-state index in [0.717, 1.165) is 22.4 Å². The van der Waals surface area contributed by atoms with Crippen molar-refractivity contribution < 1.29 is 19.1 Å². The zero-order chi connectivity index (χ0) is 32.0. The molecule has 0 spiro atoms. The largest absolute Gasteiger partial charge is 0.497 e. The number of halogens is 1. The predicted molar refractivity (Wildman–Crippen MR) is 178 cm³/mol. The molecule has 1 heterocycles. The van der Waals surface area contributed by atoms with E-state index in [1.807, 2.05) is 61.3 Å². The lowest BCUT2D eigenvalue weighted by Gasteiger charge is -2.36. The summed E-state index contributed by atoms with van der Waals surface area (Å²) < 4.78 is 5.50. The Morgan fingerprint density at radius 3 is 2.45 bits per heavy atom. The van der Waals surface area contributed by atoms with Crippen LogP contribution < -0.4 is 31.7 Å². The molecule has 4 rings (SSSR count). The van der Waals surface area contributed by atoms with Crippen molar-refractivity contribution in [1.82, 2.24) is 10.6 Å². The van der Waals surface area contributed by atoms with Gasteiger partial charge in [0.2, 0.25) is 5.91 Å². The summed E-state index contributed by atoms with van der Waals surface area (Å²) in [6.07, 6.45) is -1.16. The van der Waals surface area contributed by atoms with Gasteiger partial charge in [-0.15, -0.1) is 0 Å². The number of carbonyl (C=O) groups is 2. The fourth-order valence-electron chi connectivity index (χ4n) is 5.27. The molecule has 12 heteroatoms. The summed E-state index contributed by atoms with van der Waals surface area (Å²) in [5.74, 6) is 0.138. The van der Waals surface area contributed by atoms with E-state index >= 15 is 0 Å². The molecule has 1 aliphatic rings. The predicted octanol–water partition coefficient (Wildman–Crippen LogP) is 3.18. The maximum Gasteiger partial charge on any atom is 0.251 e. The zero-order valence-corrected chi connectivity index (χ0v) is 27.3. The van der Waals surface area contributed by atoms with Crippen molar-refractivity contribution in [2.24, 2.45) is 16.5 Å². The van der Waals surface area contributed by atoms with Crippen LogP contribution in [0, 0.1) is 0 Å². The molecule has 0 aromatic heterocycles. The Labute approximate surface area is 264 Å². The van der Waals surface area contributed by atoms with Gasteiger partial charge in [0.25, 0.3) is 5.91 Å². The number of carbonyl (C=O) groups excluding carboxylic acids is 2. The first-order chi connectivity index (χ1) is 20.9. The van der Waals surface area contributed by atoms with Crippen molar-refractivity contribution in [2.75, 3.05) is 25.1 Å². The van der Waals surface area contributed by atoms with E-state index < -0.39 is 26.7 Å². The average molecular weight is 637 g/mol. The Balaban J connectivity index is 1.48. The molecule has 0 fully saturated rings. The molecular formula is C32H41ClN6O4Si. The van der Waals surface area contributed by atoms with Crippen molar-refractivity contribution in [1.29, 1.82) is 0 Å². The van der Waals surface area contributed by atoms with Gasteiger partial charge in [0.15, 0.2) is 8.32 Å². The van der Waals surface area contributed by atoms with Gasteiger partial charge in [0.05, 0.1) is 31.4 Å². The normalized spacial score (nSPS) is 17.2. The summed E-state index contributed by atoms with van der Waals surface area (Å²) in [4.78, 5) is 43.0. The van der Waals surface area contributed by atoms with Crippen LogP contribution in [0.2, 0.25) is 18.1 Å². The number of nitrogens with zero attached hydrogens (tertiary/aromatic N) is 2. The molecule has 0 saturated heterocycles. The molecule has 0 radical (unpaired) electrons. The summed E-state index contributed by atoms with van der Waals surface area (Å²) >= 11 is 6.17. The molecule has 2 unspecified atom stereocenters. The second kappa shape index (κ2) is 14.4. The van der Waals surface area contributed by atoms with Crippen molar-refractivity contribution in [3.8, 4) is 5.75 Å². The average Bonchev–Trinajstić information content (AvgIpc) is 3.08. The maximum absolute atomic E-state index is 13.1. The van der Waals surface area contributed by atoms with Crippen LogP contribution in [-0.2, 0) is 10.8 Å². The number of fused-ring (bicyclic) bond motifs is 1. The van der Waals surface area contributed by atoms with Crippen LogP contribution >= 0.6 is 11.6 Å². The summed E-state index contributed by atoms with van der Waals surface area (Å²) in [5, 5.41) is 6.30. The second-order valence-electron chi connectivity index (χ2n) is 11.6. The fraction of sp³-hybridized carbons (Fsp3) is 0.344. The van der Waals surface area contributed by atoms with Crippen LogP contribution in [0.4, 0.5) is 5.69 Å². The van der Waals surface area contributed by atoms with Gasteiger partial charge in [-0.2, -0.15) is 0 Å². The van der Waals surface area contributed by atoms with E-state index in [1.54, 1.807) is 37.4 Å². The molecule has 0 saturated carbocycles. The smallest absolute Gasteiger partial charge is 0.251 e. The minimum atomic E-state index is -2.30. The highest BCUT2D eigenvalue weighted by Gasteiger charge is 2.34. The minimum absolute atomic E-state index is 0.00340. The Bertz CT molecular complexity index is 1510. The van der Waals surface area contributed by atoms with Gasteiger partial charge in [-0.25, -0.2) is 0 Å².